The highest BCUT2D eigenvalue weighted by Gasteiger charge is 2.39. The van der Waals surface area contributed by atoms with Crippen molar-refractivity contribution in [2.24, 2.45) is 0 Å². The van der Waals surface area contributed by atoms with E-state index in [1.54, 1.807) is 60.9 Å². The summed E-state index contributed by atoms with van der Waals surface area (Å²) in [6.07, 6.45) is 5.92. The van der Waals surface area contributed by atoms with Gasteiger partial charge in [-0.2, -0.15) is 0 Å². The predicted octanol–water partition coefficient (Wildman–Crippen LogP) is 6.85. The van der Waals surface area contributed by atoms with Crippen LogP contribution in [0.4, 0.5) is 19.3 Å². The highest BCUT2D eigenvalue weighted by Crippen LogP contribution is 2.40. The molecule has 2 N–H and O–H groups in total. The van der Waals surface area contributed by atoms with Crippen LogP contribution < -0.4 is 10.0 Å². The van der Waals surface area contributed by atoms with E-state index >= 15 is 0 Å². The lowest BCUT2D eigenvalue weighted by atomic mass is 9.70. The van der Waals surface area contributed by atoms with Crippen LogP contribution in [0.5, 0.6) is 0 Å². The molecule has 0 spiro atoms. The van der Waals surface area contributed by atoms with Crippen LogP contribution in [-0.2, 0) is 25.3 Å². The number of hydrogen-bond acceptors (Lipinski definition) is 7. The van der Waals surface area contributed by atoms with Gasteiger partial charge in [0.15, 0.2) is 9.84 Å². The minimum Gasteiger partial charge on any atom is -0.339 e. The molecule has 3 amide bonds. The molecule has 2 fully saturated rings. The van der Waals surface area contributed by atoms with E-state index in [0.717, 1.165) is 37.0 Å². The molecule has 2 heterocycles. The molecule has 56 heavy (non-hydrogen) atoms. The second-order valence-corrected chi connectivity index (χ2v) is 19.8. The number of sulfone groups is 1. The maximum Gasteiger partial charge on any atom is 0.322 e. The third kappa shape index (κ3) is 10.5. The average Bonchev–Trinajstić information content (AvgIpc) is 3.12. The van der Waals surface area contributed by atoms with Crippen LogP contribution in [0.2, 0.25) is 5.02 Å². The van der Waals surface area contributed by atoms with Crippen molar-refractivity contribution in [1.29, 1.82) is 0 Å². The van der Waals surface area contributed by atoms with Crippen molar-refractivity contribution in [2.45, 2.75) is 79.7 Å². The van der Waals surface area contributed by atoms with E-state index in [-0.39, 0.29) is 46.5 Å². The third-order valence-electron chi connectivity index (χ3n) is 10.5. The Kier molecular flexibility index (Phi) is 13.4. The SMILES string of the molecule is C=CCN(C(=O)Nc1ccc(S(C)(=O)=O)cc1)C1CCN(CCC2(c3cccc(F)c3)CCN(C(=O)c3cc(S(=O)(=O)NC(C)(C)C)c(F)cc3Cl)CC2)CC1. The van der Waals surface area contributed by atoms with Crippen LogP contribution in [0.3, 0.4) is 0 Å². The Labute approximate surface area is 334 Å². The van der Waals surface area contributed by atoms with Gasteiger partial charge in [-0.05, 0) is 119 Å². The van der Waals surface area contributed by atoms with E-state index < -0.39 is 47.4 Å². The molecule has 0 aromatic heterocycles. The Balaban J connectivity index is 1.24. The van der Waals surface area contributed by atoms with Gasteiger partial charge in [0.25, 0.3) is 5.91 Å². The van der Waals surface area contributed by atoms with Gasteiger partial charge in [0, 0.05) is 56.2 Å². The monoisotopic (exact) mass is 833 g/mol. The van der Waals surface area contributed by atoms with Crippen LogP contribution in [0, 0.1) is 11.6 Å². The first kappa shape index (κ1) is 43.2. The lowest BCUT2D eigenvalue weighted by molar-refractivity contribution is 0.0639. The molecular formula is C40H50ClF2N5O6S2. The number of halogens is 3. The molecule has 0 atom stereocenters. The number of piperidine rings is 2. The van der Waals surface area contributed by atoms with Gasteiger partial charge in [0.05, 0.1) is 15.5 Å². The number of likely N-dealkylation sites (tertiary alicyclic amines) is 2. The van der Waals surface area contributed by atoms with E-state index in [0.29, 0.717) is 50.9 Å². The summed E-state index contributed by atoms with van der Waals surface area (Å²) >= 11 is 6.33. The van der Waals surface area contributed by atoms with Gasteiger partial charge in [-0.1, -0.05) is 29.8 Å². The molecule has 11 nitrogen and oxygen atoms in total. The summed E-state index contributed by atoms with van der Waals surface area (Å²) in [5, 5.41) is 2.68. The van der Waals surface area contributed by atoms with Crippen molar-refractivity contribution in [3.8, 4) is 0 Å². The summed E-state index contributed by atoms with van der Waals surface area (Å²) in [6, 6.07) is 14.0. The van der Waals surface area contributed by atoms with Crippen molar-refractivity contribution in [2.75, 3.05) is 50.8 Å². The van der Waals surface area contributed by atoms with E-state index in [1.807, 2.05) is 6.07 Å². The molecule has 0 bridgehead atoms. The summed E-state index contributed by atoms with van der Waals surface area (Å²) in [6.45, 7) is 11.8. The van der Waals surface area contributed by atoms with Crippen LogP contribution in [0.25, 0.3) is 0 Å². The van der Waals surface area contributed by atoms with Crippen molar-refractivity contribution in [3.63, 3.8) is 0 Å². The smallest absolute Gasteiger partial charge is 0.322 e. The summed E-state index contributed by atoms with van der Waals surface area (Å²) in [5.41, 5.74) is -0.155. The first-order valence-corrected chi connectivity index (χ1v) is 22.3. The van der Waals surface area contributed by atoms with Crippen LogP contribution >= 0.6 is 11.6 Å². The number of hydrogen-bond donors (Lipinski definition) is 2. The molecule has 0 radical (unpaired) electrons. The molecule has 2 aliphatic heterocycles. The fourth-order valence-corrected chi connectivity index (χ4v) is 9.88. The van der Waals surface area contributed by atoms with E-state index in [2.05, 4.69) is 21.5 Å². The largest absolute Gasteiger partial charge is 0.339 e. The van der Waals surface area contributed by atoms with Gasteiger partial charge >= 0.3 is 6.03 Å². The Morgan fingerprint density at radius 3 is 2.20 bits per heavy atom. The lowest BCUT2D eigenvalue weighted by Crippen LogP contribution is -2.50. The van der Waals surface area contributed by atoms with Crippen molar-refractivity contribution in [3.05, 3.63) is 101 Å². The molecule has 3 aromatic rings. The number of amides is 3. The molecule has 304 valence electrons. The second kappa shape index (κ2) is 17.3. The number of benzene rings is 3. The summed E-state index contributed by atoms with van der Waals surface area (Å²) < 4.78 is 81.7. The van der Waals surface area contributed by atoms with Gasteiger partial charge in [0.2, 0.25) is 10.0 Å². The first-order valence-electron chi connectivity index (χ1n) is 18.5. The number of rotatable bonds is 12. The molecule has 5 rings (SSSR count). The fourth-order valence-electron chi connectivity index (χ4n) is 7.51. The number of nitrogens with one attached hydrogen (secondary N) is 2. The number of nitrogens with zero attached hydrogens (tertiary/aromatic N) is 3. The zero-order valence-electron chi connectivity index (χ0n) is 32.2. The molecule has 0 unspecified atom stereocenters. The molecule has 16 heteroatoms. The van der Waals surface area contributed by atoms with E-state index in [1.165, 1.54) is 18.2 Å². The van der Waals surface area contributed by atoms with Crippen molar-refractivity contribution >= 4 is 49.1 Å². The zero-order chi connectivity index (χ0) is 41.1. The Bertz CT molecular complexity index is 2150. The van der Waals surface area contributed by atoms with E-state index in [9.17, 15) is 35.2 Å². The van der Waals surface area contributed by atoms with Gasteiger partial charge in [0.1, 0.15) is 16.5 Å². The van der Waals surface area contributed by atoms with Gasteiger partial charge < -0.3 is 20.0 Å². The van der Waals surface area contributed by atoms with Crippen molar-refractivity contribution in [1.82, 2.24) is 19.4 Å². The summed E-state index contributed by atoms with van der Waals surface area (Å²) in [4.78, 5) is 32.3. The molecule has 2 saturated heterocycles. The predicted molar refractivity (Wildman–Crippen MR) is 214 cm³/mol. The number of carbonyl (C=O) groups is 2. The molecule has 0 aliphatic carbocycles. The minimum absolute atomic E-state index is 0.0518. The number of anilines is 1. The Hall–Kier alpha value is -3.89. The highest BCUT2D eigenvalue weighted by atomic mass is 35.5. The van der Waals surface area contributed by atoms with E-state index in [4.69, 9.17) is 11.6 Å². The summed E-state index contributed by atoms with van der Waals surface area (Å²) in [7, 11) is -7.67. The standard InChI is InChI=1S/C40H50ClF2N5O6S2/c1-6-19-48(38(50)44-30-10-12-32(13-11-30)55(5,51)52)31-14-20-46(21-15-31)22-16-40(28-8-7-9-29(42)25-28)17-23-47(24-18-40)37(49)33-26-36(35(43)27-34(33)41)56(53,54)45-39(2,3)4/h6-13,25-27,31,45H,1,14-24H2,2-5H3,(H,44,50). The van der Waals surface area contributed by atoms with Gasteiger partial charge in [-0.25, -0.2) is 35.1 Å². The lowest BCUT2D eigenvalue weighted by Gasteiger charge is -2.44. The maximum atomic E-state index is 14.9. The zero-order valence-corrected chi connectivity index (χ0v) is 34.5. The Morgan fingerprint density at radius 2 is 1.62 bits per heavy atom. The summed E-state index contributed by atoms with van der Waals surface area (Å²) in [5.74, 6) is -1.94. The number of carbonyl (C=O) groups excluding carboxylic acids is 2. The molecule has 2 aliphatic rings. The first-order chi connectivity index (χ1) is 26.2. The van der Waals surface area contributed by atoms with Crippen LogP contribution in [0.1, 0.15) is 68.8 Å². The minimum atomic E-state index is -4.30. The fraction of sp³-hybridized carbons (Fsp3) is 0.450. The molecule has 0 saturated carbocycles. The quantitative estimate of drug-likeness (QED) is 0.191. The van der Waals surface area contributed by atoms with Crippen molar-refractivity contribution < 1.29 is 35.2 Å². The molecular weight excluding hydrogens is 784 g/mol. The number of sulfonamides is 1. The van der Waals surface area contributed by atoms with Crippen LogP contribution in [-0.4, -0.2) is 101 Å². The van der Waals surface area contributed by atoms with Crippen LogP contribution in [0.15, 0.2) is 83.1 Å². The number of urea groups is 1. The highest BCUT2D eigenvalue weighted by molar-refractivity contribution is 7.90. The second-order valence-electron chi connectivity index (χ2n) is 15.7. The molecule has 3 aromatic carbocycles. The average molecular weight is 834 g/mol. The third-order valence-corrected chi connectivity index (χ3v) is 13.7. The van der Waals surface area contributed by atoms with Gasteiger partial charge in [-0.3, -0.25) is 4.79 Å². The topological polar surface area (TPSA) is 136 Å². The maximum absolute atomic E-state index is 14.9. The normalized spacial score (nSPS) is 17.0. The van der Waals surface area contributed by atoms with Gasteiger partial charge in [-0.15, -0.1) is 6.58 Å². The Morgan fingerprint density at radius 1 is 0.982 bits per heavy atom.